The SMILES string of the molecule is CNC(CC(=O)O)CC(C)c1ccccc1. The van der Waals surface area contributed by atoms with Crippen molar-refractivity contribution in [3.8, 4) is 0 Å². The molecular formula is C13H19NO2. The molecule has 0 spiro atoms. The van der Waals surface area contributed by atoms with Crippen LogP contribution in [0.3, 0.4) is 0 Å². The topological polar surface area (TPSA) is 49.3 Å². The predicted molar refractivity (Wildman–Crippen MR) is 64.6 cm³/mol. The second kappa shape index (κ2) is 6.28. The fourth-order valence-electron chi connectivity index (χ4n) is 1.86. The summed E-state index contributed by atoms with van der Waals surface area (Å²) >= 11 is 0. The monoisotopic (exact) mass is 221 g/mol. The van der Waals surface area contributed by atoms with Crippen molar-refractivity contribution in [2.75, 3.05) is 7.05 Å². The highest BCUT2D eigenvalue weighted by Gasteiger charge is 2.15. The van der Waals surface area contributed by atoms with Crippen LogP contribution in [0.2, 0.25) is 0 Å². The van der Waals surface area contributed by atoms with Gasteiger partial charge < -0.3 is 10.4 Å². The molecule has 0 heterocycles. The maximum Gasteiger partial charge on any atom is 0.304 e. The maximum atomic E-state index is 10.6. The van der Waals surface area contributed by atoms with Gasteiger partial charge in [0.2, 0.25) is 0 Å². The van der Waals surface area contributed by atoms with E-state index in [1.165, 1.54) is 5.56 Å². The Hall–Kier alpha value is -1.35. The zero-order valence-electron chi connectivity index (χ0n) is 9.81. The average molecular weight is 221 g/mol. The molecule has 0 amide bonds. The highest BCUT2D eigenvalue weighted by atomic mass is 16.4. The summed E-state index contributed by atoms with van der Waals surface area (Å²) < 4.78 is 0. The summed E-state index contributed by atoms with van der Waals surface area (Å²) in [5.41, 5.74) is 1.26. The lowest BCUT2D eigenvalue weighted by molar-refractivity contribution is -0.137. The maximum absolute atomic E-state index is 10.6. The minimum Gasteiger partial charge on any atom is -0.481 e. The van der Waals surface area contributed by atoms with E-state index >= 15 is 0 Å². The number of hydrogen-bond donors (Lipinski definition) is 2. The molecule has 3 heteroatoms. The summed E-state index contributed by atoms with van der Waals surface area (Å²) in [7, 11) is 1.81. The first-order chi connectivity index (χ1) is 7.63. The van der Waals surface area contributed by atoms with Gasteiger partial charge in [-0.25, -0.2) is 0 Å². The number of hydrogen-bond acceptors (Lipinski definition) is 2. The number of benzene rings is 1. The summed E-state index contributed by atoms with van der Waals surface area (Å²) in [4.78, 5) is 10.6. The molecule has 0 aromatic heterocycles. The van der Waals surface area contributed by atoms with Gasteiger partial charge in [0.1, 0.15) is 0 Å². The number of carboxylic acids is 1. The third-order valence-corrected chi connectivity index (χ3v) is 2.84. The van der Waals surface area contributed by atoms with E-state index in [0.717, 1.165) is 6.42 Å². The molecule has 2 N–H and O–H groups in total. The summed E-state index contributed by atoms with van der Waals surface area (Å²) in [5.74, 6) is -0.377. The van der Waals surface area contributed by atoms with Crippen molar-refractivity contribution >= 4 is 5.97 Å². The molecule has 0 saturated carbocycles. The van der Waals surface area contributed by atoms with Crippen molar-refractivity contribution in [1.29, 1.82) is 0 Å². The molecule has 2 atom stereocenters. The quantitative estimate of drug-likeness (QED) is 0.774. The lowest BCUT2D eigenvalue weighted by atomic mass is 9.93. The second-order valence-electron chi connectivity index (χ2n) is 4.13. The molecule has 0 fully saturated rings. The Bertz CT molecular complexity index is 324. The van der Waals surface area contributed by atoms with Crippen molar-refractivity contribution < 1.29 is 9.90 Å². The normalized spacial score (nSPS) is 14.4. The van der Waals surface area contributed by atoms with Gasteiger partial charge in [-0.2, -0.15) is 0 Å². The third-order valence-electron chi connectivity index (χ3n) is 2.84. The lowest BCUT2D eigenvalue weighted by Gasteiger charge is -2.19. The molecule has 0 saturated heterocycles. The molecule has 0 aliphatic rings. The van der Waals surface area contributed by atoms with Crippen LogP contribution in [0.5, 0.6) is 0 Å². The zero-order chi connectivity index (χ0) is 12.0. The van der Waals surface area contributed by atoms with Gasteiger partial charge in [-0.1, -0.05) is 37.3 Å². The number of carbonyl (C=O) groups is 1. The Labute approximate surface area is 96.5 Å². The average Bonchev–Trinajstić information content (AvgIpc) is 2.28. The van der Waals surface area contributed by atoms with Crippen molar-refractivity contribution in [1.82, 2.24) is 5.32 Å². The van der Waals surface area contributed by atoms with Gasteiger partial charge in [0.05, 0.1) is 6.42 Å². The summed E-state index contributed by atoms with van der Waals surface area (Å²) in [6.07, 6.45) is 1.01. The smallest absolute Gasteiger partial charge is 0.304 e. The van der Waals surface area contributed by atoms with Crippen molar-refractivity contribution in [2.24, 2.45) is 0 Å². The highest BCUT2D eigenvalue weighted by Crippen LogP contribution is 2.21. The molecule has 0 aliphatic carbocycles. The number of rotatable bonds is 6. The van der Waals surface area contributed by atoms with E-state index in [9.17, 15) is 4.79 Å². The highest BCUT2D eigenvalue weighted by molar-refractivity contribution is 5.67. The van der Waals surface area contributed by atoms with Crippen LogP contribution in [0.25, 0.3) is 0 Å². The third kappa shape index (κ3) is 4.03. The van der Waals surface area contributed by atoms with E-state index < -0.39 is 5.97 Å². The lowest BCUT2D eigenvalue weighted by Crippen LogP contribution is -2.29. The first kappa shape index (κ1) is 12.7. The fraction of sp³-hybridized carbons (Fsp3) is 0.462. The molecule has 16 heavy (non-hydrogen) atoms. The zero-order valence-corrected chi connectivity index (χ0v) is 9.81. The summed E-state index contributed by atoms with van der Waals surface area (Å²) in [6.45, 7) is 2.13. The minimum absolute atomic E-state index is 0.0349. The Morgan fingerprint density at radius 1 is 1.38 bits per heavy atom. The molecule has 2 unspecified atom stereocenters. The summed E-state index contributed by atoms with van der Waals surface area (Å²) in [5, 5.41) is 11.8. The van der Waals surface area contributed by atoms with E-state index in [1.807, 2.05) is 25.2 Å². The van der Waals surface area contributed by atoms with Crippen LogP contribution >= 0.6 is 0 Å². The molecule has 1 rings (SSSR count). The molecule has 0 bridgehead atoms. The van der Waals surface area contributed by atoms with Gasteiger partial charge >= 0.3 is 5.97 Å². The van der Waals surface area contributed by atoms with Crippen LogP contribution in [0.4, 0.5) is 0 Å². The fourth-order valence-corrected chi connectivity index (χ4v) is 1.86. The van der Waals surface area contributed by atoms with Crippen LogP contribution in [0, 0.1) is 0 Å². The van der Waals surface area contributed by atoms with E-state index in [2.05, 4.69) is 24.4 Å². The van der Waals surface area contributed by atoms with E-state index in [0.29, 0.717) is 5.92 Å². The van der Waals surface area contributed by atoms with Crippen LogP contribution in [-0.2, 0) is 4.79 Å². The number of nitrogens with one attached hydrogen (secondary N) is 1. The van der Waals surface area contributed by atoms with Gasteiger partial charge in [0, 0.05) is 6.04 Å². The Balaban J connectivity index is 2.55. The molecule has 1 aromatic carbocycles. The molecule has 0 radical (unpaired) electrons. The molecule has 0 aliphatic heterocycles. The Kier molecular flexibility index (Phi) is 4.99. The standard InChI is InChI=1S/C13H19NO2/c1-10(11-6-4-3-5-7-11)8-12(14-2)9-13(15)16/h3-7,10,12,14H,8-9H2,1-2H3,(H,15,16). The predicted octanol–water partition coefficient (Wildman–Crippen LogP) is 2.24. The number of carboxylic acid groups (broad SMARTS) is 1. The van der Waals surface area contributed by atoms with Gasteiger partial charge in [-0.3, -0.25) is 4.79 Å². The van der Waals surface area contributed by atoms with Gasteiger partial charge in [-0.15, -0.1) is 0 Å². The van der Waals surface area contributed by atoms with Crippen LogP contribution < -0.4 is 5.32 Å². The Morgan fingerprint density at radius 2 is 2.00 bits per heavy atom. The van der Waals surface area contributed by atoms with E-state index in [4.69, 9.17) is 5.11 Å². The van der Waals surface area contributed by atoms with Crippen LogP contribution in [0.15, 0.2) is 30.3 Å². The van der Waals surface area contributed by atoms with Gasteiger partial charge in [0.25, 0.3) is 0 Å². The summed E-state index contributed by atoms with van der Waals surface area (Å²) in [6, 6.07) is 10.2. The Morgan fingerprint density at radius 3 is 2.50 bits per heavy atom. The van der Waals surface area contributed by atoms with Crippen molar-refractivity contribution in [2.45, 2.75) is 31.7 Å². The largest absolute Gasteiger partial charge is 0.481 e. The van der Waals surface area contributed by atoms with Gasteiger partial charge in [0.15, 0.2) is 0 Å². The number of aliphatic carboxylic acids is 1. The van der Waals surface area contributed by atoms with Crippen molar-refractivity contribution in [3.63, 3.8) is 0 Å². The van der Waals surface area contributed by atoms with Gasteiger partial charge in [-0.05, 0) is 24.9 Å². The first-order valence-electron chi connectivity index (χ1n) is 5.57. The van der Waals surface area contributed by atoms with E-state index in [-0.39, 0.29) is 12.5 Å². The molecular weight excluding hydrogens is 202 g/mol. The second-order valence-corrected chi connectivity index (χ2v) is 4.13. The molecule has 3 nitrogen and oxygen atoms in total. The molecule has 88 valence electrons. The van der Waals surface area contributed by atoms with E-state index in [1.54, 1.807) is 0 Å². The minimum atomic E-state index is -0.750. The van der Waals surface area contributed by atoms with Crippen molar-refractivity contribution in [3.05, 3.63) is 35.9 Å². The molecule has 1 aromatic rings. The van der Waals surface area contributed by atoms with Crippen LogP contribution in [0.1, 0.15) is 31.2 Å². The first-order valence-corrected chi connectivity index (χ1v) is 5.57. The van der Waals surface area contributed by atoms with Crippen LogP contribution in [-0.4, -0.2) is 24.2 Å².